The SMILES string of the molecule is CCNc1cc(N(CC)CC2CCC2)nc(COCC)n1. The molecule has 5 nitrogen and oxygen atoms in total. The molecule has 2 rings (SSSR count). The van der Waals surface area contributed by atoms with Gasteiger partial charge < -0.3 is 15.0 Å². The fourth-order valence-corrected chi connectivity index (χ4v) is 2.55. The minimum absolute atomic E-state index is 0.476. The molecule has 1 N–H and O–H groups in total. The van der Waals surface area contributed by atoms with Gasteiger partial charge in [-0.2, -0.15) is 0 Å². The van der Waals surface area contributed by atoms with Crippen LogP contribution in [0.25, 0.3) is 0 Å². The van der Waals surface area contributed by atoms with E-state index in [1.165, 1.54) is 19.3 Å². The Hall–Kier alpha value is -1.36. The standard InChI is InChI=1S/C16H28N4O/c1-4-17-14-10-16(19-15(18-14)12-21-6-3)20(5-2)11-13-8-7-9-13/h10,13H,4-9,11-12H2,1-3H3,(H,17,18,19). The van der Waals surface area contributed by atoms with Crippen LogP contribution in [0.5, 0.6) is 0 Å². The first-order valence-electron chi connectivity index (χ1n) is 8.21. The summed E-state index contributed by atoms with van der Waals surface area (Å²) in [5.41, 5.74) is 0. The number of aromatic nitrogens is 2. The number of anilines is 2. The van der Waals surface area contributed by atoms with Crippen LogP contribution in [0.3, 0.4) is 0 Å². The lowest BCUT2D eigenvalue weighted by molar-refractivity contribution is 0.128. The predicted octanol–water partition coefficient (Wildman–Crippen LogP) is 3.07. The molecular formula is C16H28N4O. The smallest absolute Gasteiger partial charge is 0.158 e. The van der Waals surface area contributed by atoms with Gasteiger partial charge in [0.25, 0.3) is 0 Å². The van der Waals surface area contributed by atoms with Crippen LogP contribution in [0.15, 0.2) is 6.07 Å². The first-order chi connectivity index (χ1) is 10.3. The van der Waals surface area contributed by atoms with E-state index in [9.17, 15) is 0 Å². The van der Waals surface area contributed by atoms with E-state index < -0.39 is 0 Å². The largest absolute Gasteiger partial charge is 0.374 e. The summed E-state index contributed by atoms with van der Waals surface area (Å²) < 4.78 is 5.46. The maximum Gasteiger partial charge on any atom is 0.158 e. The zero-order valence-electron chi connectivity index (χ0n) is 13.6. The van der Waals surface area contributed by atoms with E-state index in [2.05, 4.69) is 40.1 Å². The van der Waals surface area contributed by atoms with Crippen LogP contribution in [0.1, 0.15) is 45.9 Å². The normalized spacial score (nSPS) is 14.8. The molecule has 0 unspecified atom stereocenters. The molecule has 1 aliphatic carbocycles. The van der Waals surface area contributed by atoms with Gasteiger partial charge in [0.15, 0.2) is 5.82 Å². The fraction of sp³-hybridized carbons (Fsp3) is 0.750. The Morgan fingerprint density at radius 3 is 2.67 bits per heavy atom. The lowest BCUT2D eigenvalue weighted by atomic mass is 9.85. The number of ether oxygens (including phenoxy) is 1. The molecular weight excluding hydrogens is 264 g/mol. The van der Waals surface area contributed by atoms with Crippen molar-refractivity contribution in [3.63, 3.8) is 0 Å². The number of nitrogens with zero attached hydrogens (tertiary/aromatic N) is 3. The van der Waals surface area contributed by atoms with Crippen LogP contribution in [-0.4, -0.2) is 36.2 Å². The molecule has 5 heteroatoms. The molecule has 118 valence electrons. The van der Waals surface area contributed by atoms with Crippen molar-refractivity contribution in [1.82, 2.24) is 9.97 Å². The molecule has 1 aromatic heterocycles. The number of hydrogen-bond acceptors (Lipinski definition) is 5. The molecule has 1 fully saturated rings. The number of hydrogen-bond donors (Lipinski definition) is 1. The minimum Gasteiger partial charge on any atom is -0.374 e. The van der Waals surface area contributed by atoms with Crippen LogP contribution in [-0.2, 0) is 11.3 Å². The van der Waals surface area contributed by atoms with Crippen LogP contribution >= 0.6 is 0 Å². The summed E-state index contributed by atoms with van der Waals surface area (Å²) in [6.07, 6.45) is 4.09. The molecule has 0 amide bonds. The number of rotatable bonds is 9. The summed E-state index contributed by atoms with van der Waals surface area (Å²) in [6.45, 7) is 10.4. The average molecular weight is 292 g/mol. The van der Waals surface area contributed by atoms with Crippen molar-refractivity contribution in [3.05, 3.63) is 11.9 Å². The monoisotopic (exact) mass is 292 g/mol. The van der Waals surface area contributed by atoms with E-state index in [0.717, 1.165) is 43.0 Å². The van der Waals surface area contributed by atoms with Gasteiger partial charge in [0.2, 0.25) is 0 Å². The second-order valence-corrected chi connectivity index (χ2v) is 5.53. The van der Waals surface area contributed by atoms with E-state index in [1.807, 2.05) is 6.92 Å². The van der Waals surface area contributed by atoms with Gasteiger partial charge in [-0.25, -0.2) is 9.97 Å². The summed E-state index contributed by atoms with van der Waals surface area (Å²) in [5, 5.41) is 3.29. The average Bonchev–Trinajstić information content (AvgIpc) is 2.44. The highest BCUT2D eigenvalue weighted by Crippen LogP contribution is 2.28. The van der Waals surface area contributed by atoms with Crippen LogP contribution in [0.2, 0.25) is 0 Å². The van der Waals surface area contributed by atoms with Crippen molar-refractivity contribution in [2.75, 3.05) is 36.5 Å². The van der Waals surface area contributed by atoms with E-state index in [-0.39, 0.29) is 0 Å². The summed E-state index contributed by atoms with van der Waals surface area (Å²) in [5.74, 6) is 3.50. The maximum atomic E-state index is 5.46. The molecule has 0 atom stereocenters. The van der Waals surface area contributed by atoms with Gasteiger partial charge in [0.05, 0.1) is 0 Å². The summed E-state index contributed by atoms with van der Waals surface area (Å²) in [6, 6.07) is 2.06. The maximum absolute atomic E-state index is 5.46. The molecule has 1 aromatic rings. The van der Waals surface area contributed by atoms with Crippen LogP contribution in [0.4, 0.5) is 11.6 Å². The highest BCUT2D eigenvalue weighted by Gasteiger charge is 2.21. The lowest BCUT2D eigenvalue weighted by Gasteiger charge is -2.32. The topological polar surface area (TPSA) is 50.3 Å². The van der Waals surface area contributed by atoms with E-state index >= 15 is 0 Å². The molecule has 21 heavy (non-hydrogen) atoms. The second kappa shape index (κ2) is 8.17. The molecule has 0 radical (unpaired) electrons. The van der Waals surface area contributed by atoms with Crippen molar-refractivity contribution < 1.29 is 4.74 Å². The van der Waals surface area contributed by atoms with Gasteiger partial charge in [-0.1, -0.05) is 6.42 Å². The second-order valence-electron chi connectivity index (χ2n) is 5.53. The third-order valence-electron chi connectivity index (χ3n) is 3.96. The van der Waals surface area contributed by atoms with Gasteiger partial charge in [0.1, 0.15) is 18.2 Å². The molecule has 1 heterocycles. The van der Waals surface area contributed by atoms with Crippen molar-refractivity contribution in [3.8, 4) is 0 Å². The van der Waals surface area contributed by atoms with Gasteiger partial charge in [-0.05, 0) is 39.5 Å². The van der Waals surface area contributed by atoms with Crippen molar-refractivity contribution in [2.45, 2.75) is 46.6 Å². The van der Waals surface area contributed by atoms with Crippen LogP contribution < -0.4 is 10.2 Å². The molecule has 1 saturated carbocycles. The predicted molar refractivity (Wildman–Crippen MR) is 86.8 cm³/mol. The Morgan fingerprint density at radius 1 is 1.29 bits per heavy atom. The molecule has 0 aromatic carbocycles. The first-order valence-corrected chi connectivity index (χ1v) is 8.21. The van der Waals surface area contributed by atoms with Gasteiger partial charge in [-0.3, -0.25) is 0 Å². The third kappa shape index (κ3) is 4.56. The molecule has 1 aliphatic rings. The Kier molecular flexibility index (Phi) is 6.23. The Bertz CT molecular complexity index is 434. The fourth-order valence-electron chi connectivity index (χ4n) is 2.55. The summed E-state index contributed by atoms with van der Waals surface area (Å²) in [7, 11) is 0. The van der Waals surface area contributed by atoms with Gasteiger partial charge in [0, 0.05) is 32.3 Å². The Morgan fingerprint density at radius 2 is 2.10 bits per heavy atom. The zero-order valence-corrected chi connectivity index (χ0v) is 13.6. The molecule has 0 spiro atoms. The molecule has 0 saturated heterocycles. The Balaban J connectivity index is 2.14. The number of nitrogens with one attached hydrogen (secondary N) is 1. The molecule has 0 bridgehead atoms. The van der Waals surface area contributed by atoms with E-state index in [0.29, 0.717) is 13.2 Å². The van der Waals surface area contributed by atoms with Crippen molar-refractivity contribution in [1.29, 1.82) is 0 Å². The highest BCUT2D eigenvalue weighted by atomic mass is 16.5. The summed E-state index contributed by atoms with van der Waals surface area (Å²) in [4.78, 5) is 11.6. The van der Waals surface area contributed by atoms with E-state index in [1.54, 1.807) is 0 Å². The third-order valence-corrected chi connectivity index (χ3v) is 3.96. The zero-order chi connectivity index (χ0) is 15.1. The van der Waals surface area contributed by atoms with E-state index in [4.69, 9.17) is 4.74 Å². The summed E-state index contributed by atoms with van der Waals surface area (Å²) >= 11 is 0. The van der Waals surface area contributed by atoms with Crippen molar-refractivity contribution >= 4 is 11.6 Å². The molecule has 0 aliphatic heterocycles. The first kappa shape index (κ1) is 16.0. The van der Waals surface area contributed by atoms with Gasteiger partial charge >= 0.3 is 0 Å². The lowest BCUT2D eigenvalue weighted by Crippen LogP contribution is -2.33. The van der Waals surface area contributed by atoms with Crippen molar-refractivity contribution in [2.24, 2.45) is 5.92 Å². The minimum atomic E-state index is 0.476. The van der Waals surface area contributed by atoms with Crippen LogP contribution in [0, 0.1) is 5.92 Å². The Labute approximate surface area is 128 Å². The highest BCUT2D eigenvalue weighted by molar-refractivity contribution is 5.49. The quantitative estimate of drug-likeness (QED) is 0.758. The van der Waals surface area contributed by atoms with Gasteiger partial charge in [-0.15, -0.1) is 0 Å².